The molecular weight excluding hydrogens is 199 g/mol. The first kappa shape index (κ1) is 11.2. The quantitative estimate of drug-likeness (QED) is 0.437. The summed E-state index contributed by atoms with van der Waals surface area (Å²) in [5.41, 5.74) is 0.407. The van der Waals surface area contributed by atoms with Crippen molar-refractivity contribution >= 4 is 6.16 Å². The third-order valence-corrected chi connectivity index (χ3v) is 1.65. The molecule has 0 amide bonds. The van der Waals surface area contributed by atoms with Crippen LogP contribution in [0.15, 0.2) is 30.9 Å². The van der Waals surface area contributed by atoms with E-state index in [1.165, 1.54) is 24.3 Å². The van der Waals surface area contributed by atoms with Gasteiger partial charge in [0.05, 0.1) is 0 Å². The molecule has 3 nitrogen and oxygen atoms in total. The minimum Gasteiger partial charge on any atom is -0.430 e. The molecule has 0 saturated heterocycles. The first-order valence-corrected chi connectivity index (χ1v) is 4.35. The van der Waals surface area contributed by atoms with Gasteiger partial charge in [-0.05, 0) is 30.7 Å². The maximum absolute atomic E-state index is 12.9. The number of benzene rings is 1. The predicted molar refractivity (Wildman–Crippen MR) is 53.3 cm³/mol. The molecule has 0 unspecified atom stereocenters. The van der Waals surface area contributed by atoms with Gasteiger partial charge in [0.15, 0.2) is 0 Å². The highest BCUT2D eigenvalue weighted by Gasteiger charge is 2.06. The van der Waals surface area contributed by atoms with Gasteiger partial charge in [0.1, 0.15) is 18.2 Å². The van der Waals surface area contributed by atoms with Crippen LogP contribution in [0.4, 0.5) is 9.18 Å². The van der Waals surface area contributed by atoms with E-state index in [0.717, 1.165) is 0 Å². The molecule has 0 radical (unpaired) electrons. The van der Waals surface area contributed by atoms with Crippen molar-refractivity contribution in [3.63, 3.8) is 0 Å². The molecule has 0 atom stereocenters. The van der Waals surface area contributed by atoms with Gasteiger partial charge in [-0.15, -0.1) is 0 Å². The summed E-state index contributed by atoms with van der Waals surface area (Å²) in [7, 11) is 0. The molecule has 1 aromatic carbocycles. The van der Waals surface area contributed by atoms with Crippen molar-refractivity contribution in [1.82, 2.24) is 0 Å². The predicted octanol–water partition coefficient (Wildman–Crippen LogP) is 2.84. The summed E-state index contributed by atoms with van der Waals surface area (Å²) in [4.78, 5) is 11.0. The second kappa shape index (κ2) is 5.14. The van der Waals surface area contributed by atoms with Gasteiger partial charge in [0, 0.05) is 0 Å². The van der Waals surface area contributed by atoms with Gasteiger partial charge in [0.25, 0.3) is 0 Å². The molecule has 4 heteroatoms. The fraction of sp³-hybridized carbons (Fsp3) is 0.182. The van der Waals surface area contributed by atoms with E-state index in [9.17, 15) is 9.18 Å². The van der Waals surface area contributed by atoms with E-state index in [-0.39, 0.29) is 18.2 Å². The Morgan fingerprint density at radius 2 is 2.33 bits per heavy atom. The van der Waals surface area contributed by atoms with Crippen LogP contribution in [0, 0.1) is 12.7 Å². The highest BCUT2D eigenvalue weighted by atomic mass is 19.1. The summed E-state index contributed by atoms with van der Waals surface area (Å²) in [6, 6.07) is 4.01. The summed E-state index contributed by atoms with van der Waals surface area (Å²) in [5, 5.41) is 0. The molecule has 1 aromatic rings. The molecule has 0 heterocycles. The van der Waals surface area contributed by atoms with Crippen LogP contribution in [0.5, 0.6) is 5.75 Å². The third-order valence-electron chi connectivity index (χ3n) is 1.65. The van der Waals surface area contributed by atoms with Crippen molar-refractivity contribution in [3.05, 3.63) is 42.2 Å². The molecule has 0 fully saturated rings. The zero-order valence-corrected chi connectivity index (χ0v) is 8.33. The van der Waals surface area contributed by atoms with Crippen LogP contribution >= 0.6 is 0 Å². The second-order valence-electron chi connectivity index (χ2n) is 2.86. The van der Waals surface area contributed by atoms with E-state index >= 15 is 0 Å². The van der Waals surface area contributed by atoms with Crippen molar-refractivity contribution < 1.29 is 18.7 Å². The van der Waals surface area contributed by atoms with Gasteiger partial charge in [-0.2, -0.15) is 0 Å². The molecule has 1 rings (SSSR count). The Hall–Kier alpha value is -1.84. The van der Waals surface area contributed by atoms with Crippen LogP contribution in [0.25, 0.3) is 0 Å². The number of carbonyl (C=O) groups is 1. The van der Waals surface area contributed by atoms with Gasteiger partial charge in [-0.25, -0.2) is 9.18 Å². The van der Waals surface area contributed by atoms with Crippen LogP contribution in [0.1, 0.15) is 5.56 Å². The van der Waals surface area contributed by atoms with Crippen LogP contribution in [0.2, 0.25) is 0 Å². The second-order valence-corrected chi connectivity index (χ2v) is 2.86. The fourth-order valence-electron chi connectivity index (χ4n) is 0.933. The molecule has 0 bridgehead atoms. The first-order valence-electron chi connectivity index (χ1n) is 4.35. The molecule has 0 aliphatic carbocycles. The number of carbonyl (C=O) groups excluding carboxylic acids is 1. The van der Waals surface area contributed by atoms with Gasteiger partial charge in [-0.1, -0.05) is 12.7 Å². The molecule has 0 aliphatic rings. The standard InChI is InChI=1S/C11H11FO3/c1-3-6-14-11(13)15-9-4-5-10(12)8(2)7-9/h3-5,7H,1,6H2,2H3. The Labute approximate surface area is 87.1 Å². The van der Waals surface area contributed by atoms with E-state index < -0.39 is 6.16 Å². The molecule has 0 N–H and O–H groups in total. The molecule has 0 aliphatic heterocycles. The topological polar surface area (TPSA) is 35.5 Å². The molecule has 0 aromatic heterocycles. The highest BCUT2D eigenvalue weighted by Crippen LogP contribution is 2.16. The van der Waals surface area contributed by atoms with Crippen molar-refractivity contribution in [2.24, 2.45) is 0 Å². The SMILES string of the molecule is C=CCOC(=O)Oc1ccc(F)c(C)c1. The number of ether oxygens (including phenoxy) is 2. The number of rotatable bonds is 3. The summed E-state index contributed by atoms with van der Waals surface area (Å²) < 4.78 is 22.2. The molecule has 0 saturated carbocycles. The average Bonchev–Trinajstić information content (AvgIpc) is 2.20. The maximum atomic E-state index is 12.9. The Balaban J connectivity index is 2.60. The van der Waals surface area contributed by atoms with E-state index in [1.807, 2.05) is 0 Å². The van der Waals surface area contributed by atoms with Crippen LogP contribution in [-0.2, 0) is 4.74 Å². The Morgan fingerprint density at radius 3 is 2.93 bits per heavy atom. The van der Waals surface area contributed by atoms with Gasteiger partial charge in [-0.3, -0.25) is 0 Å². The molecule has 0 spiro atoms. The monoisotopic (exact) mass is 210 g/mol. The Morgan fingerprint density at radius 1 is 1.60 bits per heavy atom. The fourth-order valence-corrected chi connectivity index (χ4v) is 0.933. The van der Waals surface area contributed by atoms with Crippen LogP contribution < -0.4 is 4.74 Å². The van der Waals surface area contributed by atoms with Gasteiger partial charge < -0.3 is 9.47 Å². The van der Waals surface area contributed by atoms with Crippen molar-refractivity contribution in [1.29, 1.82) is 0 Å². The molecule has 80 valence electrons. The lowest BCUT2D eigenvalue weighted by atomic mass is 10.2. The largest absolute Gasteiger partial charge is 0.514 e. The van der Waals surface area contributed by atoms with Crippen molar-refractivity contribution in [3.8, 4) is 5.75 Å². The highest BCUT2D eigenvalue weighted by molar-refractivity contribution is 5.63. The lowest BCUT2D eigenvalue weighted by molar-refractivity contribution is 0.109. The normalized spacial score (nSPS) is 9.47. The summed E-state index contributed by atoms with van der Waals surface area (Å²) in [6.45, 7) is 5.05. The van der Waals surface area contributed by atoms with Crippen LogP contribution in [0.3, 0.4) is 0 Å². The van der Waals surface area contributed by atoms with Crippen LogP contribution in [-0.4, -0.2) is 12.8 Å². The maximum Gasteiger partial charge on any atom is 0.514 e. The number of hydrogen-bond donors (Lipinski definition) is 0. The van der Waals surface area contributed by atoms with E-state index in [1.54, 1.807) is 6.92 Å². The van der Waals surface area contributed by atoms with E-state index in [0.29, 0.717) is 5.56 Å². The molecule has 15 heavy (non-hydrogen) atoms. The Kier molecular flexibility index (Phi) is 3.85. The first-order chi connectivity index (χ1) is 7.13. The van der Waals surface area contributed by atoms with Crippen molar-refractivity contribution in [2.45, 2.75) is 6.92 Å². The van der Waals surface area contributed by atoms with Crippen molar-refractivity contribution in [2.75, 3.05) is 6.61 Å². The number of halogens is 1. The zero-order chi connectivity index (χ0) is 11.3. The third kappa shape index (κ3) is 3.42. The summed E-state index contributed by atoms with van der Waals surface area (Å²) in [5.74, 6) is -0.0928. The van der Waals surface area contributed by atoms with Gasteiger partial charge in [0.2, 0.25) is 0 Å². The Bertz CT molecular complexity index is 374. The van der Waals surface area contributed by atoms with Gasteiger partial charge >= 0.3 is 6.16 Å². The smallest absolute Gasteiger partial charge is 0.430 e. The minimum atomic E-state index is -0.832. The summed E-state index contributed by atoms with van der Waals surface area (Å²) in [6.07, 6.45) is 0.595. The lowest BCUT2D eigenvalue weighted by Gasteiger charge is -2.04. The average molecular weight is 210 g/mol. The minimum absolute atomic E-state index is 0.0824. The molecular formula is C11H11FO3. The zero-order valence-electron chi connectivity index (χ0n) is 8.33. The summed E-state index contributed by atoms with van der Waals surface area (Å²) >= 11 is 0. The van der Waals surface area contributed by atoms with E-state index in [4.69, 9.17) is 4.74 Å². The number of aryl methyl sites for hydroxylation is 1. The van der Waals surface area contributed by atoms with E-state index in [2.05, 4.69) is 11.3 Å². The number of hydrogen-bond acceptors (Lipinski definition) is 3. The lowest BCUT2D eigenvalue weighted by Crippen LogP contribution is -2.10.